The number of rotatable bonds is 6. The molecule has 1 N–H and O–H groups in total. The van der Waals surface area contributed by atoms with E-state index < -0.39 is 0 Å². The molecule has 0 atom stereocenters. The monoisotopic (exact) mass is 939 g/mol. The van der Waals surface area contributed by atoms with Crippen LogP contribution in [0.25, 0.3) is 122 Å². The van der Waals surface area contributed by atoms with Crippen molar-refractivity contribution in [1.29, 1.82) is 5.41 Å². The lowest BCUT2D eigenvalue weighted by Crippen LogP contribution is -1.94. The van der Waals surface area contributed by atoms with E-state index in [1.54, 1.807) is 0 Å². The molecule has 13 rings (SSSR count). The molecule has 13 aromatic rings. The summed E-state index contributed by atoms with van der Waals surface area (Å²) in [6.45, 7) is 14.8. The van der Waals surface area contributed by atoms with E-state index in [9.17, 15) is 0 Å². The van der Waals surface area contributed by atoms with Crippen LogP contribution in [0, 0.1) is 5.41 Å². The van der Waals surface area contributed by atoms with Crippen LogP contribution in [0.1, 0.15) is 48.0 Å². The summed E-state index contributed by atoms with van der Waals surface area (Å²) in [4.78, 5) is 19.2. The minimum atomic E-state index is 0.832. The van der Waals surface area contributed by atoms with E-state index >= 15 is 0 Å². The highest BCUT2D eigenvalue weighted by atomic mass is 16.3. The Labute approximate surface area is 420 Å². The molecule has 0 fully saturated rings. The van der Waals surface area contributed by atoms with E-state index in [0.717, 1.165) is 122 Å². The SMILES string of the molecule is C=N.CC.CC.CCC.c1ccc(-c2ccccc2-c2ccc3c(c2)c2ncccc2n3-c2ccc3oc4ccc(-n5c6ccc(-c7ccccc7-c7ccccn7)cc6c6ncccc65)cc4c3c2)nc1. The molecule has 0 amide bonds. The van der Waals surface area contributed by atoms with Crippen LogP contribution < -0.4 is 0 Å². The van der Waals surface area contributed by atoms with Crippen molar-refractivity contribution in [3.8, 4) is 56.1 Å². The van der Waals surface area contributed by atoms with Crippen LogP contribution >= 0.6 is 0 Å². The summed E-state index contributed by atoms with van der Waals surface area (Å²) in [7, 11) is 0. The second kappa shape index (κ2) is 21.7. The summed E-state index contributed by atoms with van der Waals surface area (Å²) in [5, 5.41) is 9.75. The number of pyridine rings is 4. The fourth-order valence-corrected chi connectivity index (χ4v) is 9.55. The van der Waals surface area contributed by atoms with Gasteiger partial charge < -0.3 is 19.0 Å². The fourth-order valence-electron chi connectivity index (χ4n) is 9.55. The van der Waals surface area contributed by atoms with E-state index in [2.05, 4.69) is 185 Å². The van der Waals surface area contributed by atoms with Crippen molar-refractivity contribution in [2.45, 2.75) is 48.0 Å². The predicted octanol–water partition coefficient (Wildman–Crippen LogP) is 17.8. The van der Waals surface area contributed by atoms with Gasteiger partial charge >= 0.3 is 0 Å². The van der Waals surface area contributed by atoms with Gasteiger partial charge in [0, 0.05) is 68.8 Å². The number of aromatic nitrogens is 6. The first kappa shape index (κ1) is 48.0. The molecule has 7 heterocycles. The van der Waals surface area contributed by atoms with Crippen molar-refractivity contribution in [3.05, 3.63) is 207 Å². The molecule has 0 radical (unpaired) electrons. The zero-order chi connectivity index (χ0) is 50.1. The third kappa shape index (κ3) is 8.68. The van der Waals surface area contributed by atoms with Crippen molar-refractivity contribution in [3.63, 3.8) is 0 Å². The molecule has 354 valence electrons. The smallest absolute Gasteiger partial charge is 0.135 e. The van der Waals surface area contributed by atoms with Crippen LogP contribution in [0.5, 0.6) is 0 Å². The molecule has 8 heteroatoms. The van der Waals surface area contributed by atoms with Crippen LogP contribution in [0.2, 0.25) is 0 Å². The first-order valence-corrected chi connectivity index (χ1v) is 24.8. The number of nitrogens with zero attached hydrogens (tertiary/aromatic N) is 6. The maximum atomic E-state index is 6.52. The lowest BCUT2D eigenvalue weighted by atomic mass is 9.96. The van der Waals surface area contributed by atoms with Gasteiger partial charge in [-0.15, -0.1) is 0 Å². The second-order valence-corrected chi connectivity index (χ2v) is 16.6. The first-order valence-electron chi connectivity index (χ1n) is 24.8. The van der Waals surface area contributed by atoms with Crippen molar-refractivity contribution in [2.75, 3.05) is 0 Å². The largest absolute Gasteiger partial charge is 0.456 e. The van der Waals surface area contributed by atoms with E-state index in [1.807, 2.05) is 88.9 Å². The molecule has 0 aliphatic carbocycles. The van der Waals surface area contributed by atoms with E-state index in [4.69, 9.17) is 19.8 Å². The maximum absolute atomic E-state index is 6.52. The van der Waals surface area contributed by atoms with E-state index in [1.165, 1.54) is 6.42 Å². The number of benzene rings is 6. The van der Waals surface area contributed by atoms with Gasteiger partial charge in [-0.1, -0.05) is 121 Å². The molecular weight excluding hydrogens is 883 g/mol. The molecule has 8 nitrogen and oxygen atoms in total. The molecule has 0 saturated heterocycles. The molecule has 7 aromatic heterocycles. The quantitative estimate of drug-likeness (QED) is 0.167. The minimum Gasteiger partial charge on any atom is -0.456 e. The Morgan fingerprint density at radius 2 is 0.778 bits per heavy atom. The molecule has 0 aliphatic heterocycles. The highest BCUT2D eigenvalue weighted by molar-refractivity contribution is 6.12. The standard InChI is InChI=1S/C56H34N6O.C3H8.2C2H6.CH3N/c1-3-13-41(47-15-5-7-27-57-47)39(11-1)35-19-23-49-45(31-35)55-51(17-9-29-59-55)61(49)37-21-25-53-43(33-37)44-34-38(22-26-54(44)63-53)62-50-24-20-36(32-46(50)56-52(62)18-10-30-60-56)40-12-2-4-14-42(40)48-16-6-8-28-58-48;1-3-2;3*1-2/h1-34H;3H2,1-2H3;2*1-2H3;2H,1H2. The molecule has 0 aliphatic rings. The van der Waals surface area contributed by atoms with Crippen molar-refractivity contribution in [1.82, 2.24) is 29.1 Å². The highest BCUT2D eigenvalue weighted by Crippen LogP contribution is 2.41. The zero-order valence-electron chi connectivity index (χ0n) is 41.6. The molecule has 0 bridgehead atoms. The van der Waals surface area contributed by atoms with Gasteiger partial charge in [-0.3, -0.25) is 19.9 Å². The Morgan fingerprint density at radius 1 is 0.389 bits per heavy atom. The summed E-state index contributed by atoms with van der Waals surface area (Å²) in [5.41, 5.74) is 18.4. The molecule has 6 aromatic carbocycles. The number of hydrogen-bond donors (Lipinski definition) is 1. The molecule has 72 heavy (non-hydrogen) atoms. The number of fused-ring (bicyclic) bond motifs is 9. The van der Waals surface area contributed by atoms with Gasteiger partial charge in [0.2, 0.25) is 0 Å². The normalized spacial score (nSPS) is 10.8. The predicted molar refractivity (Wildman–Crippen MR) is 304 cm³/mol. The Morgan fingerprint density at radius 3 is 1.18 bits per heavy atom. The third-order valence-corrected chi connectivity index (χ3v) is 12.4. The Balaban J connectivity index is 0.000000672. The average molecular weight is 940 g/mol. The van der Waals surface area contributed by atoms with Crippen molar-refractivity contribution in [2.24, 2.45) is 0 Å². The lowest BCUT2D eigenvalue weighted by Gasteiger charge is -2.11. The third-order valence-electron chi connectivity index (χ3n) is 12.4. The summed E-state index contributed by atoms with van der Waals surface area (Å²) in [6, 6.07) is 63.7. The first-order chi connectivity index (χ1) is 35.7. The van der Waals surface area contributed by atoms with E-state index in [-0.39, 0.29) is 0 Å². The van der Waals surface area contributed by atoms with Crippen LogP contribution in [-0.4, -0.2) is 35.8 Å². The summed E-state index contributed by atoms with van der Waals surface area (Å²) >= 11 is 0. The Bertz CT molecular complexity index is 3710. The number of hydrogen-bond acceptors (Lipinski definition) is 6. The van der Waals surface area contributed by atoms with Crippen molar-refractivity contribution >= 4 is 72.5 Å². The van der Waals surface area contributed by atoms with Gasteiger partial charge in [-0.05, 0) is 138 Å². The van der Waals surface area contributed by atoms with Gasteiger partial charge in [0.15, 0.2) is 0 Å². The second-order valence-electron chi connectivity index (χ2n) is 16.6. The van der Waals surface area contributed by atoms with E-state index in [0.29, 0.717) is 0 Å². The minimum absolute atomic E-state index is 0.832. The van der Waals surface area contributed by atoms with Crippen LogP contribution in [-0.2, 0) is 0 Å². The van der Waals surface area contributed by atoms with Gasteiger partial charge in [0.1, 0.15) is 11.2 Å². The van der Waals surface area contributed by atoms with Gasteiger partial charge in [0.25, 0.3) is 0 Å². The average Bonchev–Trinajstić information content (AvgIpc) is 4.12. The zero-order valence-corrected chi connectivity index (χ0v) is 41.6. The van der Waals surface area contributed by atoms with Crippen LogP contribution in [0.4, 0.5) is 0 Å². The summed E-state index contributed by atoms with van der Waals surface area (Å²) in [5.74, 6) is 0. The summed E-state index contributed by atoms with van der Waals surface area (Å²) < 4.78 is 11.2. The van der Waals surface area contributed by atoms with Gasteiger partial charge in [-0.25, -0.2) is 0 Å². The topological polar surface area (TPSA) is 98.4 Å². The number of furan rings is 1. The highest BCUT2D eigenvalue weighted by Gasteiger charge is 2.20. The number of nitrogens with one attached hydrogen (secondary N) is 1. The van der Waals surface area contributed by atoms with Crippen molar-refractivity contribution < 1.29 is 4.42 Å². The maximum Gasteiger partial charge on any atom is 0.135 e. The molecule has 0 unspecified atom stereocenters. The molecule has 0 saturated carbocycles. The molecule has 0 spiro atoms. The Kier molecular flexibility index (Phi) is 14.5. The summed E-state index contributed by atoms with van der Waals surface area (Å²) in [6.07, 6.45) is 8.69. The van der Waals surface area contributed by atoms with Crippen LogP contribution in [0.3, 0.4) is 0 Å². The Hall–Kier alpha value is -9.01. The van der Waals surface area contributed by atoms with Gasteiger partial charge in [0.05, 0.1) is 44.5 Å². The molecular formula is C64H57N7O. The fraction of sp³-hybridized carbons (Fsp3) is 0.109. The lowest BCUT2D eigenvalue weighted by molar-refractivity contribution is 0.669. The van der Waals surface area contributed by atoms with Gasteiger partial charge in [-0.2, -0.15) is 0 Å². The van der Waals surface area contributed by atoms with Crippen LogP contribution in [0.15, 0.2) is 211 Å².